The lowest BCUT2D eigenvalue weighted by Crippen LogP contribution is -2.36. The molecule has 2 amide bonds. The summed E-state index contributed by atoms with van der Waals surface area (Å²) in [4.78, 5) is 16.3. The Labute approximate surface area is 147 Å². The summed E-state index contributed by atoms with van der Waals surface area (Å²) >= 11 is 0. The van der Waals surface area contributed by atoms with Gasteiger partial charge < -0.3 is 15.4 Å². The topological polar surface area (TPSA) is 63.2 Å². The molecular weight excluding hydrogens is 314 g/mol. The first-order valence-corrected chi connectivity index (χ1v) is 8.18. The summed E-state index contributed by atoms with van der Waals surface area (Å²) in [6.45, 7) is 2.39. The zero-order valence-corrected chi connectivity index (χ0v) is 14.3. The van der Waals surface area contributed by atoms with Crippen LogP contribution in [0.2, 0.25) is 0 Å². The van der Waals surface area contributed by atoms with Gasteiger partial charge in [0.15, 0.2) is 0 Å². The monoisotopic (exact) mass is 335 g/mol. The van der Waals surface area contributed by atoms with Crippen molar-refractivity contribution in [3.8, 4) is 5.88 Å². The molecule has 2 N–H and O–H groups in total. The summed E-state index contributed by atoms with van der Waals surface area (Å²) in [5.74, 6) is 0.553. The van der Waals surface area contributed by atoms with Crippen LogP contribution in [0.1, 0.15) is 24.1 Å². The lowest BCUT2D eigenvalue weighted by Gasteiger charge is -2.17. The third-order valence-corrected chi connectivity index (χ3v) is 4.10. The van der Waals surface area contributed by atoms with Crippen LogP contribution in [0.4, 0.5) is 4.79 Å². The number of benzene rings is 2. The minimum absolute atomic E-state index is 0.0971. The molecule has 25 heavy (non-hydrogen) atoms. The maximum Gasteiger partial charge on any atom is 0.315 e. The summed E-state index contributed by atoms with van der Waals surface area (Å²) in [5.41, 5.74) is 2.01. The number of aromatic nitrogens is 1. The number of carbonyl (C=O) groups excluding carboxylic acids is 1. The number of urea groups is 1. The molecule has 1 aromatic heterocycles. The van der Waals surface area contributed by atoms with E-state index < -0.39 is 0 Å². The van der Waals surface area contributed by atoms with Gasteiger partial charge in [0.25, 0.3) is 0 Å². The van der Waals surface area contributed by atoms with Gasteiger partial charge in [0, 0.05) is 18.8 Å². The highest BCUT2D eigenvalue weighted by Gasteiger charge is 2.12. The van der Waals surface area contributed by atoms with Crippen LogP contribution < -0.4 is 15.4 Å². The molecule has 2 aromatic carbocycles. The van der Waals surface area contributed by atoms with Gasteiger partial charge in [0.1, 0.15) is 0 Å². The lowest BCUT2D eigenvalue weighted by atomic mass is 10.00. The van der Waals surface area contributed by atoms with E-state index in [-0.39, 0.29) is 12.1 Å². The number of hydrogen-bond acceptors (Lipinski definition) is 3. The van der Waals surface area contributed by atoms with Gasteiger partial charge in [-0.15, -0.1) is 0 Å². The molecule has 0 aliphatic rings. The predicted molar refractivity (Wildman–Crippen MR) is 98.5 cm³/mol. The van der Waals surface area contributed by atoms with Gasteiger partial charge in [-0.2, -0.15) is 0 Å². The van der Waals surface area contributed by atoms with E-state index in [1.165, 1.54) is 5.39 Å². The Morgan fingerprint density at radius 1 is 1.12 bits per heavy atom. The molecule has 0 aliphatic carbocycles. The zero-order chi connectivity index (χ0) is 17.6. The normalized spacial score (nSPS) is 11.8. The fourth-order valence-corrected chi connectivity index (χ4v) is 2.77. The fraction of sp³-hybridized carbons (Fsp3) is 0.200. The van der Waals surface area contributed by atoms with E-state index in [1.54, 1.807) is 19.4 Å². The molecule has 3 rings (SSSR count). The van der Waals surface area contributed by atoms with E-state index in [2.05, 4.69) is 33.8 Å². The Kier molecular flexibility index (Phi) is 5.14. The molecule has 1 heterocycles. The zero-order valence-electron chi connectivity index (χ0n) is 14.3. The highest BCUT2D eigenvalue weighted by molar-refractivity contribution is 5.86. The lowest BCUT2D eigenvalue weighted by molar-refractivity contribution is 0.237. The van der Waals surface area contributed by atoms with Crippen LogP contribution in [-0.2, 0) is 6.54 Å². The maximum absolute atomic E-state index is 12.2. The molecular formula is C20H21N3O2. The number of methoxy groups -OCH3 is 1. The second kappa shape index (κ2) is 7.66. The van der Waals surface area contributed by atoms with E-state index in [0.29, 0.717) is 12.4 Å². The smallest absolute Gasteiger partial charge is 0.315 e. The predicted octanol–water partition coefficient (Wildman–Crippen LogP) is 3.80. The Bertz CT molecular complexity index is 857. The van der Waals surface area contributed by atoms with E-state index in [1.807, 2.05) is 37.3 Å². The molecule has 0 saturated heterocycles. The van der Waals surface area contributed by atoms with Gasteiger partial charge in [-0.3, -0.25) is 0 Å². The number of ether oxygens (including phenoxy) is 1. The van der Waals surface area contributed by atoms with Crippen LogP contribution in [0.5, 0.6) is 5.88 Å². The molecule has 0 bridgehead atoms. The standard InChI is InChI=1S/C20H21N3O2/c1-14(17-9-5-7-16-6-3-4-8-18(16)17)23-20(24)22-13-15-10-11-19(25-2)21-12-15/h3-12,14H,13H2,1-2H3,(H2,22,23,24). The first kappa shape index (κ1) is 16.8. The number of pyridine rings is 1. The molecule has 0 radical (unpaired) electrons. The molecule has 0 spiro atoms. The first-order valence-electron chi connectivity index (χ1n) is 8.18. The van der Waals surface area contributed by atoms with Gasteiger partial charge in [-0.25, -0.2) is 9.78 Å². The first-order chi connectivity index (χ1) is 12.2. The van der Waals surface area contributed by atoms with Gasteiger partial charge in [0.05, 0.1) is 13.2 Å². The van der Waals surface area contributed by atoms with Crippen LogP contribution in [0.25, 0.3) is 10.8 Å². The Balaban J connectivity index is 1.61. The number of rotatable bonds is 5. The van der Waals surface area contributed by atoms with Crippen molar-refractivity contribution in [2.24, 2.45) is 0 Å². The summed E-state index contributed by atoms with van der Waals surface area (Å²) in [7, 11) is 1.57. The Morgan fingerprint density at radius 3 is 2.68 bits per heavy atom. The molecule has 0 saturated carbocycles. The minimum Gasteiger partial charge on any atom is -0.481 e. The number of fused-ring (bicyclic) bond motifs is 1. The number of hydrogen-bond donors (Lipinski definition) is 2. The van der Waals surface area contributed by atoms with Crippen LogP contribution in [0.15, 0.2) is 60.8 Å². The summed E-state index contributed by atoms with van der Waals surface area (Å²) < 4.78 is 5.02. The van der Waals surface area contributed by atoms with Crippen molar-refractivity contribution in [2.45, 2.75) is 19.5 Å². The third kappa shape index (κ3) is 4.07. The SMILES string of the molecule is COc1ccc(CNC(=O)NC(C)c2cccc3ccccc23)cn1. The van der Waals surface area contributed by atoms with Gasteiger partial charge in [-0.1, -0.05) is 48.5 Å². The quantitative estimate of drug-likeness (QED) is 0.745. The Morgan fingerprint density at radius 2 is 1.92 bits per heavy atom. The number of nitrogens with zero attached hydrogens (tertiary/aromatic N) is 1. The van der Waals surface area contributed by atoms with E-state index >= 15 is 0 Å². The average molecular weight is 335 g/mol. The third-order valence-electron chi connectivity index (χ3n) is 4.10. The highest BCUT2D eigenvalue weighted by Crippen LogP contribution is 2.23. The van der Waals surface area contributed by atoms with Crippen LogP contribution in [-0.4, -0.2) is 18.1 Å². The summed E-state index contributed by atoms with van der Waals surface area (Å²) in [5, 5.41) is 8.16. The second-order valence-corrected chi connectivity index (χ2v) is 5.83. The van der Waals surface area contributed by atoms with E-state index in [0.717, 1.165) is 16.5 Å². The van der Waals surface area contributed by atoms with Gasteiger partial charge in [-0.05, 0) is 28.8 Å². The van der Waals surface area contributed by atoms with Crippen molar-refractivity contribution in [3.05, 3.63) is 71.9 Å². The van der Waals surface area contributed by atoms with Crippen molar-refractivity contribution in [3.63, 3.8) is 0 Å². The molecule has 128 valence electrons. The van der Waals surface area contributed by atoms with Gasteiger partial charge >= 0.3 is 6.03 Å². The van der Waals surface area contributed by atoms with Crippen molar-refractivity contribution < 1.29 is 9.53 Å². The van der Waals surface area contributed by atoms with E-state index in [4.69, 9.17) is 4.74 Å². The van der Waals surface area contributed by atoms with E-state index in [9.17, 15) is 4.79 Å². The number of amides is 2. The van der Waals surface area contributed by atoms with Crippen LogP contribution in [0.3, 0.4) is 0 Å². The highest BCUT2D eigenvalue weighted by atomic mass is 16.5. The molecule has 0 fully saturated rings. The Hall–Kier alpha value is -3.08. The molecule has 3 aromatic rings. The van der Waals surface area contributed by atoms with Crippen molar-refractivity contribution >= 4 is 16.8 Å². The summed E-state index contributed by atoms with van der Waals surface area (Å²) in [6, 6.07) is 17.6. The van der Waals surface area contributed by atoms with Gasteiger partial charge in [0.2, 0.25) is 5.88 Å². The largest absolute Gasteiger partial charge is 0.481 e. The molecule has 5 heteroatoms. The molecule has 1 atom stereocenters. The minimum atomic E-state index is -0.212. The van der Waals surface area contributed by atoms with Crippen molar-refractivity contribution in [1.29, 1.82) is 0 Å². The fourth-order valence-electron chi connectivity index (χ4n) is 2.77. The number of nitrogens with one attached hydrogen (secondary N) is 2. The van der Waals surface area contributed by atoms with Crippen LogP contribution >= 0.6 is 0 Å². The molecule has 1 unspecified atom stereocenters. The van der Waals surface area contributed by atoms with Crippen molar-refractivity contribution in [1.82, 2.24) is 15.6 Å². The average Bonchev–Trinajstić information content (AvgIpc) is 2.66. The van der Waals surface area contributed by atoms with Crippen LogP contribution in [0, 0.1) is 0 Å². The second-order valence-electron chi connectivity index (χ2n) is 5.83. The molecule has 0 aliphatic heterocycles. The van der Waals surface area contributed by atoms with Crippen molar-refractivity contribution in [2.75, 3.05) is 7.11 Å². The summed E-state index contributed by atoms with van der Waals surface area (Å²) in [6.07, 6.45) is 1.69. The maximum atomic E-state index is 12.2. The molecule has 5 nitrogen and oxygen atoms in total. The number of carbonyl (C=O) groups is 1.